The summed E-state index contributed by atoms with van der Waals surface area (Å²) in [5.74, 6) is 1.30. The first kappa shape index (κ1) is 8.16. The van der Waals surface area contributed by atoms with Crippen LogP contribution in [0.2, 0.25) is 0 Å². The van der Waals surface area contributed by atoms with Crippen molar-refractivity contribution in [1.82, 2.24) is 4.98 Å². The van der Waals surface area contributed by atoms with Crippen molar-refractivity contribution in [3.63, 3.8) is 0 Å². The normalized spacial score (nSPS) is 15.5. The molecule has 4 nitrogen and oxygen atoms in total. The predicted molar refractivity (Wildman–Crippen MR) is 51.8 cm³/mol. The molecule has 0 atom stereocenters. The van der Waals surface area contributed by atoms with E-state index < -0.39 is 0 Å². The third kappa shape index (κ3) is 1.83. The monoisotopic (exact) mass is 179 g/mol. The van der Waals surface area contributed by atoms with E-state index in [0.717, 1.165) is 24.3 Å². The lowest BCUT2D eigenvalue weighted by molar-refractivity contribution is 0.304. The van der Waals surface area contributed by atoms with Crippen molar-refractivity contribution in [1.29, 1.82) is 0 Å². The molecule has 0 saturated heterocycles. The molecule has 4 heteroatoms. The Labute approximate surface area is 77.1 Å². The molecule has 0 radical (unpaired) electrons. The van der Waals surface area contributed by atoms with Crippen LogP contribution >= 0.6 is 0 Å². The Kier molecular flexibility index (Phi) is 1.96. The highest BCUT2D eigenvalue weighted by molar-refractivity contribution is 5.58. The van der Waals surface area contributed by atoms with Gasteiger partial charge in [0.1, 0.15) is 11.6 Å². The minimum atomic E-state index is 0.383. The number of rotatable bonds is 3. The molecule has 0 aromatic carbocycles. The van der Waals surface area contributed by atoms with E-state index in [4.69, 9.17) is 10.5 Å². The lowest BCUT2D eigenvalue weighted by Crippen LogP contribution is -2.02. The van der Waals surface area contributed by atoms with Crippen LogP contribution in [0.25, 0.3) is 0 Å². The molecular weight excluding hydrogens is 166 g/mol. The topological polar surface area (TPSA) is 60.2 Å². The highest BCUT2D eigenvalue weighted by Crippen LogP contribution is 2.32. The molecule has 3 N–H and O–H groups in total. The van der Waals surface area contributed by atoms with E-state index in [1.54, 1.807) is 12.3 Å². The first-order valence-electron chi connectivity index (χ1n) is 4.39. The van der Waals surface area contributed by atoms with Crippen molar-refractivity contribution < 1.29 is 4.74 Å². The summed E-state index contributed by atoms with van der Waals surface area (Å²) in [6, 6.07) is 1.75. The lowest BCUT2D eigenvalue weighted by atomic mass is 10.3. The van der Waals surface area contributed by atoms with Crippen LogP contribution in [0, 0.1) is 0 Å². The van der Waals surface area contributed by atoms with E-state index in [1.165, 1.54) is 0 Å². The Hall–Kier alpha value is -1.45. The molecule has 13 heavy (non-hydrogen) atoms. The van der Waals surface area contributed by atoms with E-state index in [9.17, 15) is 0 Å². The fourth-order valence-corrected chi connectivity index (χ4v) is 1.10. The molecule has 2 rings (SSSR count). The zero-order chi connectivity index (χ0) is 9.26. The fraction of sp³-hybridized carbons (Fsp3) is 0.444. The number of pyridine rings is 1. The van der Waals surface area contributed by atoms with Crippen molar-refractivity contribution >= 4 is 11.5 Å². The molecular formula is C9H13N3O. The van der Waals surface area contributed by atoms with E-state index >= 15 is 0 Å². The number of ether oxygens (including phenoxy) is 1. The number of nitrogens with zero attached hydrogens (tertiary/aromatic N) is 1. The highest BCUT2D eigenvalue weighted by Gasteiger charge is 2.24. The maximum atomic E-state index is 5.65. The second-order valence-corrected chi connectivity index (χ2v) is 3.17. The minimum absolute atomic E-state index is 0.383. The number of aromatic nitrogens is 1. The van der Waals surface area contributed by atoms with Crippen molar-refractivity contribution in [3.8, 4) is 5.75 Å². The van der Waals surface area contributed by atoms with Gasteiger partial charge >= 0.3 is 0 Å². The number of nitrogens with one attached hydrogen (secondary N) is 1. The molecule has 0 unspecified atom stereocenters. The smallest absolute Gasteiger partial charge is 0.148 e. The first-order chi connectivity index (χ1) is 6.29. The minimum Gasteiger partial charge on any atom is -0.488 e. The molecule has 1 fully saturated rings. The third-order valence-electron chi connectivity index (χ3n) is 1.97. The molecule has 0 bridgehead atoms. The van der Waals surface area contributed by atoms with Crippen LogP contribution in [0.3, 0.4) is 0 Å². The molecule has 0 amide bonds. The maximum absolute atomic E-state index is 5.65. The Bertz CT molecular complexity index is 310. The standard InChI is InChI=1S/C9H13N3O/c1-11-7-5-12-9(10)4-8(7)13-6-2-3-6/h4-6,11H,2-3H2,1H3,(H2,10,12). The summed E-state index contributed by atoms with van der Waals surface area (Å²) in [5, 5.41) is 3.01. The summed E-state index contributed by atoms with van der Waals surface area (Å²) < 4.78 is 5.65. The van der Waals surface area contributed by atoms with Gasteiger partial charge in [0.05, 0.1) is 18.0 Å². The second kappa shape index (κ2) is 3.12. The summed E-state index contributed by atoms with van der Waals surface area (Å²) in [4.78, 5) is 3.97. The number of hydrogen-bond donors (Lipinski definition) is 2. The van der Waals surface area contributed by atoms with Gasteiger partial charge in [-0.05, 0) is 12.8 Å². The molecule has 1 aromatic heterocycles. The van der Waals surface area contributed by atoms with E-state index in [0.29, 0.717) is 11.9 Å². The van der Waals surface area contributed by atoms with Crippen molar-refractivity contribution in [2.24, 2.45) is 0 Å². The van der Waals surface area contributed by atoms with Gasteiger partial charge in [0.2, 0.25) is 0 Å². The van der Waals surface area contributed by atoms with Crippen LogP contribution in [0.1, 0.15) is 12.8 Å². The third-order valence-corrected chi connectivity index (χ3v) is 1.97. The van der Waals surface area contributed by atoms with E-state index in [2.05, 4.69) is 10.3 Å². The van der Waals surface area contributed by atoms with Gasteiger partial charge < -0.3 is 15.8 Å². The van der Waals surface area contributed by atoms with Gasteiger partial charge in [-0.1, -0.05) is 0 Å². The van der Waals surface area contributed by atoms with Crippen LogP contribution in [0.4, 0.5) is 11.5 Å². The van der Waals surface area contributed by atoms with E-state index in [1.807, 2.05) is 7.05 Å². The molecule has 1 aliphatic rings. The molecule has 70 valence electrons. The predicted octanol–water partition coefficient (Wildman–Crippen LogP) is 1.25. The van der Waals surface area contributed by atoms with Crippen LogP contribution in [0.5, 0.6) is 5.75 Å². The summed E-state index contributed by atoms with van der Waals surface area (Å²) in [7, 11) is 1.84. The molecule has 0 spiro atoms. The Morgan fingerprint density at radius 3 is 3.00 bits per heavy atom. The van der Waals surface area contributed by atoms with Gasteiger partial charge in [-0.2, -0.15) is 0 Å². The maximum Gasteiger partial charge on any atom is 0.148 e. The van der Waals surface area contributed by atoms with Gasteiger partial charge in [-0.3, -0.25) is 0 Å². The summed E-state index contributed by atoms with van der Waals surface area (Å²) in [6.07, 6.45) is 4.36. The summed E-state index contributed by atoms with van der Waals surface area (Å²) in [5.41, 5.74) is 6.45. The second-order valence-electron chi connectivity index (χ2n) is 3.17. The number of nitrogen functional groups attached to an aromatic ring is 1. The SMILES string of the molecule is CNc1cnc(N)cc1OC1CC1. The summed E-state index contributed by atoms with van der Waals surface area (Å²) in [6.45, 7) is 0. The Morgan fingerprint density at radius 1 is 1.62 bits per heavy atom. The quantitative estimate of drug-likeness (QED) is 0.733. The average molecular weight is 179 g/mol. The van der Waals surface area contributed by atoms with E-state index in [-0.39, 0.29) is 0 Å². The zero-order valence-electron chi connectivity index (χ0n) is 7.58. The fourth-order valence-electron chi connectivity index (χ4n) is 1.10. The molecule has 1 saturated carbocycles. The molecule has 1 heterocycles. The largest absolute Gasteiger partial charge is 0.488 e. The van der Waals surface area contributed by atoms with Crippen molar-refractivity contribution in [3.05, 3.63) is 12.3 Å². The van der Waals surface area contributed by atoms with Crippen molar-refractivity contribution in [2.45, 2.75) is 18.9 Å². The number of hydrogen-bond acceptors (Lipinski definition) is 4. The highest BCUT2D eigenvalue weighted by atomic mass is 16.5. The number of anilines is 2. The molecule has 1 aliphatic carbocycles. The average Bonchev–Trinajstić information content (AvgIpc) is 2.89. The van der Waals surface area contributed by atoms with Crippen LogP contribution < -0.4 is 15.8 Å². The van der Waals surface area contributed by atoms with Crippen LogP contribution in [0.15, 0.2) is 12.3 Å². The molecule has 0 aliphatic heterocycles. The zero-order valence-corrected chi connectivity index (χ0v) is 7.58. The lowest BCUT2D eigenvalue weighted by Gasteiger charge is -2.09. The van der Waals surface area contributed by atoms with Crippen molar-refractivity contribution in [2.75, 3.05) is 18.1 Å². The van der Waals surface area contributed by atoms with Gasteiger partial charge in [0, 0.05) is 13.1 Å². The summed E-state index contributed by atoms with van der Waals surface area (Å²) >= 11 is 0. The Morgan fingerprint density at radius 2 is 2.38 bits per heavy atom. The van der Waals surface area contributed by atoms with Gasteiger partial charge in [-0.25, -0.2) is 4.98 Å². The van der Waals surface area contributed by atoms with Gasteiger partial charge in [-0.15, -0.1) is 0 Å². The molecule has 1 aromatic rings. The first-order valence-corrected chi connectivity index (χ1v) is 4.39. The van der Waals surface area contributed by atoms with Gasteiger partial charge in [0.25, 0.3) is 0 Å². The van der Waals surface area contributed by atoms with Crippen LogP contribution in [-0.2, 0) is 0 Å². The number of nitrogens with two attached hydrogens (primary N) is 1. The van der Waals surface area contributed by atoms with Crippen LogP contribution in [-0.4, -0.2) is 18.1 Å². The Balaban J connectivity index is 2.22. The van der Waals surface area contributed by atoms with Gasteiger partial charge in [0.15, 0.2) is 0 Å².